The SMILES string of the molecule is CCCCNC(=O)NC(CCC)c1cccs1. The van der Waals surface area contributed by atoms with Gasteiger partial charge < -0.3 is 10.6 Å². The molecule has 0 fully saturated rings. The summed E-state index contributed by atoms with van der Waals surface area (Å²) in [5, 5.41) is 7.98. The van der Waals surface area contributed by atoms with Crippen molar-refractivity contribution in [3.05, 3.63) is 22.4 Å². The standard InChI is InChI=1S/C13H22N2OS/c1-3-5-9-14-13(16)15-11(7-4-2)12-8-6-10-17-12/h6,8,10-11H,3-5,7,9H2,1-2H3,(H2,14,15,16). The molecule has 0 bridgehead atoms. The summed E-state index contributed by atoms with van der Waals surface area (Å²) in [4.78, 5) is 12.9. The lowest BCUT2D eigenvalue weighted by Crippen LogP contribution is -2.38. The van der Waals surface area contributed by atoms with Crippen LogP contribution in [0.1, 0.15) is 50.4 Å². The maximum Gasteiger partial charge on any atom is 0.315 e. The van der Waals surface area contributed by atoms with Crippen molar-refractivity contribution in [1.82, 2.24) is 10.6 Å². The number of hydrogen-bond donors (Lipinski definition) is 2. The van der Waals surface area contributed by atoms with Crippen molar-refractivity contribution < 1.29 is 4.79 Å². The molecule has 1 heterocycles. The molecule has 1 aromatic heterocycles. The van der Waals surface area contributed by atoms with Crippen molar-refractivity contribution in [3.63, 3.8) is 0 Å². The Morgan fingerprint density at radius 2 is 2.24 bits per heavy atom. The fraction of sp³-hybridized carbons (Fsp3) is 0.615. The molecular formula is C13H22N2OS. The first-order valence-electron chi connectivity index (χ1n) is 6.35. The van der Waals surface area contributed by atoms with Gasteiger partial charge in [-0.05, 0) is 24.3 Å². The van der Waals surface area contributed by atoms with Crippen molar-refractivity contribution in [3.8, 4) is 0 Å². The molecule has 0 aromatic carbocycles. The molecule has 0 saturated heterocycles. The fourth-order valence-electron chi connectivity index (χ4n) is 1.65. The van der Waals surface area contributed by atoms with Crippen molar-refractivity contribution in [2.45, 2.75) is 45.6 Å². The van der Waals surface area contributed by atoms with Gasteiger partial charge in [0.1, 0.15) is 0 Å². The Morgan fingerprint density at radius 1 is 1.41 bits per heavy atom. The van der Waals surface area contributed by atoms with Gasteiger partial charge in [-0.3, -0.25) is 0 Å². The van der Waals surface area contributed by atoms with Gasteiger partial charge in [-0.2, -0.15) is 0 Å². The lowest BCUT2D eigenvalue weighted by atomic mass is 10.1. The predicted molar refractivity (Wildman–Crippen MR) is 73.4 cm³/mol. The molecule has 3 nitrogen and oxygen atoms in total. The van der Waals surface area contributed by atoms with Gasteiger partial charge in [0.2, 0.25) is 0 Å². The molecule has 0 aliphatic rings. The van der Waals surface area contributed by atoms with Gasteiger partial charge in [-0.15, -0.1) is 11.3 Å². The second-order valence-electron chi connectivity index (χ2n) is 4.11. The monoisotopic (exact) mass is 254 g/mol. The largest absolute Gasteiger partial charge is 0.338 e. The quantitative estimate of drug-likeness (QED) is 0.716. The smallest absolute Gasteiger partial charge is 0.315 e. The lowest BCUT2D eigenvalue weighted by molar-refractivity contribution is 0.236. The van der Waals surface area contributed by atoms with E-state index in [1.165, 1.54) is 4.88 Å². The van der Waals surface area contributed by atoms with Crippen molar-refractivity contribution >= 4 is 17.4 Å². The minimum atomic E-state index is -0.0506. The third-order valence-electron chi connectivity index (χ3n) is 2.59. The minimum Gasteiger partial charge on any atom is -0.338 e. The van der Waals surface area contributed by atoms with Gasteiger partial charge in [0.15, 0.2) is 0 Å². The van der Waals surface area contributed by atoms with E-state index in [0.717, 1.165) is 32.2 Å². The molecule has 0 aliphatic heterocycles. The van der Waals surface area contributed by atoms with Crippen molar-refractivity contribution in [1.29, 1.82) is 0 Å². The molecule has 2 amide bonds. The summed E-state index contributed by atoms with van der Waals surface area (Å²) in [6, 6.07) is 4.21. The van der Waals surface area contributed by atoms with E-state index in [1.807, 2.05) is 6.07 Å². The van der Waals surface area contributed by atoms with Crippen molar-refractivity contribution in [2.75, 3.05) is 6.54 Å². The van der Waals surface area contributed by atoms with E-state index in [9.17, 15) is 4.79 Å². The second kappa shape index (κ2) is 8.12. The molecule has 2 N–H and O–H groups in total. The fourth-order valence-corrected chi connectivity index (χ4v) is 2.46. The Morgan fingerprint density at radius 3 is 2.82 bits per heavy atom. The van der Waals surface area contributed by atoms with E-state index in [1.54, 1.807) is 11.3 Å². The van der Waals surface area contributed by atoms with E-state index < -0.39 is 0 Å². The van der Waals surface area contributed by atoms with E-state index in [-0.39, 0.29) is 12.1 Å². The van der Waals surface area contributed by atoms with Crippen LogP contribution in [0.15, 0.2) is 17.5 Å². The third-order valence-corrected chi connectivity index (χ3v) is 3.57. The van der Waals surface area contributed by atoms with Gasteiger partial charge >= 0.3 is 6.03 Å². The van der Waals surface area contributed by atoms with Gasteiger partial charge in [-0.1, -0.05) is 32.8 Å². The van der Waals surface area contributed by atoms with Crippen LogP contribution in [0.2, 0.25) is 0 Å². The molecule has 1 aromatic rings. The van der Waals surface area contributed by atoms with Crippen LogP contribution >= 0.6 is 11.3 Å². The lowest BCUT2D eigenvalue weighted by Gasteiger charge is -2.17. The number of carbonyl (C=O) groups excluding carboxylic acids is 1. The maximum atomic E-state index is 11.7. The van der Waals surface area contributed by atoms with Crippen LogP contribution in [0.5, 0.6) is 0 Å². The molecule has 96 valence electrons. The highest BCUT2D eigenvalue weighted by atomic mass is 32.1. The zero-order valence-electron chi connectivity index (χ0n) is 10.7. The van der Waals surface area contributed by atoms with Crippen LogP contribution in [0.25, 0.3) is 0 Å². The summed E-state index contributed by atoms with van der Waals surface area (Å²) in [7, 11) is 0. The number of nitrogens with one attached hydrogen (secondary N) is 2. The molecular weight excluding hydrogens is 232 g/mol. The van der Waals surface area contributed by atoms with E-state index >= 15 is 0 Å². The third kappa shape index (κ3) is 5.22. The average Bonchev–Trinajstić information content (AvgIpc) is 2.82. The molecule has 0 spiro atoms. The van der Waals surface area contributed by atoms with Gasteiger partial charge in [-0.25, -0.2) is 4.79 Å². The summed E-state index contributed by atoms with van der Waals surface area (Å²) in [6.07, 6.45) is 4.19. The summed E-state index contributed by atoms with van der Waals surface area (Å²) >= 11 is 1.70. The zero-order chi connectivity index (χ0) is 12.5. The Hall–Kier alpha value is -1.03. The molecule has 4 heteroatoms. The molecule has 0 saturated carbocycles. The van der Waals surface area contributed by atoms with Gasteiger partial charge in [0.25, 0.3) is 0 Å². The summed E-state index contributed by atoms with van der Waals surface area (Å²) < 4.78 is 0. The van der Waals surface area contributed by atoms with E-state index in [0.29, 0.717) is 0 Å². The normalized spacial score (nSPS) is 12.1. The second-order valence-corrected chi connectivity index (χ2v) is 5.09. The van der Waals surface area contributed by atoms with E-state index in [4.69, 9.17) is 0 Å². The van der Waals surface area contributed by atoms with Crippen LogP contribution in [0, 0.1) is 0 Å². The van der Waals surface area contributed by atoms with Gasteiger partial charge in [0, 0.05) is 11.4 Å². The molecule has 1 rings (SSSR count). The highest BCUT2D eigenvalue weighted by Crippen LogP contribution is 2.22. The highest BCUT2D eigenvalue weighted by molar-refractivity contribution is 7.10. The van der Waals surface area contributed by atoms with E-state index in [2.05, 4.69) is 35.9 Å². The summed E-state index contributed by atoms with van der Waals surface area (Å²) in [5.74, 6) is 0. The molecule has 17 heavy (non-hydrogen) atoms. The number of urea groups is 1. The van der Waals surface area contributed by atoms with Crippen LogP contribution in [-0.2, 0) is 0 Å². The maximum absolute atomic E-state index is 11.7. The number of amides is 2. The first kappa shape index (κ1) is 14.0. The summed E-state index contributed by atoms with van der Waals surface area (Å²) in [5.41, 5.74) is 0. The van der Waals surface area contributed by atoms with Crippen LogP contribution in [0.4, 0.5) is 4.79 Å². The van der Waals surface area contributed by atoms with Crippen LogP contribution in [0.3, 0.4) is 0 Å². The Kier molecular flexibility index (Phi) is 6.70. The minimum absolute atomic E-state index is 0.0506. The summed E-state index contributed by atoms with van der Waals surface area (Å²) in [6.45, 7) is 5.01. The van der Waals surface area contributed by atoms with Gasteiger partial charge in [0.05, 0.1) is 6.04 Å². The molecule has 1 atom stereocenters. The Bertz CT molecular complexity index is 311. The number of hydrogen-bond acceptors (Lipinski definition) is 2. The first-order chi connectivity index (χ1) is 8.27. The Balaban J connectivity index is 2.41. The molecule has 0 radical (unpaired) electrons. The van der Waals surface area contributed by atoms with Crippen molar-refractivity contribution in [2.24, 2.45) is 0 Å². The number of unbranched alkanes of at least 4 members (excludes halogenated alkanes) is 1. The number of rotatable bonds is 7. The highest BCUT2D eigenvalue weighted by Gasteiger charge is 2.13. The molecule has 1 unspecified atom stereocenters. The van der Waals surface area contributed by atoms with Crippen LogP contribution < -0.4 is 10.6 Å². The van der Waals surface area contributed by atoms with Crippen LogP contribution in [-0.4, -0.2) is 12.6 Å². The zero-order valence-corrected chi connectivity index (χ0v) is 11.5. The number of carbonyl (C=O) groups is 1. The topological polar surface area (TPSA) is 41.1 Å². The first-order valence-corrected chi connectivity index (χ1v) is 7.23. The Labute approximate surface area is 108 Å². The predicted octanol–water partition coefficient (Wildman–Crippen LogP) is 3.69. The number of thiophene rings is 1. The average molecular weight is 254 g/mol. The molecule has 0 aliphatic carbocycles.